The van der Waals surface area contributed by atoms with E-state index in [1.165, 1.54) is 12.1 Å². The lowest BCUT2D eigenvalue weighted by atomic mass is 9.93. The lowest BCUT2D eigenvalue weighted by Gasteiger charge is -2.16. The second kappa shape index (κ2) is 6.85. The van der Waals surface area contributed by atoms with Crippen molar-refractivity contribution in [1.29, 1.82) is 0 Å². The third kappa shape index (κ3) is 4.28. The van der Waals surface area contributed by atoms with Gasteiger partial charge in [0.2, 0.25) is 0 Å². The Labute approximate surface area is 120 Å². The number of furan rings is 1. The van der Waals surface area contributed by atoms with Crippen LogP contribution in [-0.4, -0.2) is 28.2 Å². The molecule has 2 rings (SSSR count). The molecule has 114 valence electrons. The molecular formula is C14H16FNO5. The van der Waals surface area contributed by atoms with E-state index in [2.05, 4.69) is 0 Å². The van der Waals surface area contributed by atoms with Gasteiger partial charge in [0.1, 0.15) is 11.4 Å². The van der Waals surface area contributed by atoms with Gasteiger partial charge in [-0.1, -0.05) is 6.92 Å². The van der Waals surface area contributed by atoms with Gasteiger partial charge in [0.05, 0.1) is 6.26 Å². The molecule has 0 radical (unpaired) electrons. The Morgan fingerprint density at radius 3 is 2.29 bits per heavy atom. The van der Waals surface area contributed by atoms with Crippen LogP contribution in [0.3, 0.4) is 0 Å². The van der Waals surface area contributed by atoms with Gasteiger partial charge in [-0.15, -0.1) is 0 Å². The number of carbonyl (C=O) groups is 2. The molecule has 6 nitrogen and oxygen atoms in total. The maximum atomic E-state index is 13.3. The van der Waals surface area contributed by atoms with Gasteiger partial charge in [-0.05, 0) is 31.0 Å². The maximum absolute atomic E-state index is 13.3. The molecule has 0 saturated carbocycles. The molecule has 0 fully saturated rings. The molecule has 0 aliphatic rings. The zero-order valence-corrected chi connectivity index (χ0v) is 11.5. The van der Waals surface area contributed by atoms with Gasteiger partial charge < -0.3 is 20.4 Å². The van der Waals surface area contributed by atoms with E-state index in [0.717, 1.165) is 16.5 Å². The van der Waals surface area contributed by atoms with Gasteiger partial charge in [0.25, 0.3) is 0 Å². The zero-order chi connectivity index (χ0) is 16.2. The van der Waals surface area contributed by atoms with Gasteiger partial charge in [-0.3, -0.25) is 0 Å². The van der Waals surface area contributed by atoms with Crippen molar-refractivity contribution >= 4 is 22.9 Å². The number of halogens is 1. The minimum atomic E-state index is -1.82. The number of hydrogen-bond acceptors (Lipinski definition) is 4. The van der Waals surface area contributed by atoms with Crippen LogP contribution in [0.1, 0.15) is 25.3 Å². The number of carboxylic acid groups (broad SMARTS) is 2. The lowest BCUT2D eigenvalue weighted by molar-refractivity contribution is -0.159. The molecule has 2 atom stereocenters. The molecule has 0 aliphatic carbocycles. The monoisotopic (exact) mass is 297 g/mol. The summed E-state index contributed by atoms with van der Waals surface area (Å²) in [5.74, 6) is -3.81. The molecule has 0 aliphatic heterocycles. The number of fused-ring (bicyclic) bond motifs is 1. The first-order valence-corrected chi connectivity index (χ1v) is 6.12. The Morgan fingerprint density at radius 1 is 1.24 bits per heavy atom. The smallest absolute Gasteiger partial charge is 0.414 e. The topological polar surface area (TPSA) is 114 Å². The molecule has 0 amide bonds. The first-order valence-electron chi connectivity index (χ1n) is 6.12. The quantitative estimate of drug-likeness (QED) is 0.732. The molecule has 1 aromatic carbocycles. The Balaban J connectivity index is 0.000000315. The van der Waals surface area contributed by atoms with Crippen molar-refractivity contribution in [3.05, 3.63) is 35.8 Å². The van der Waals surface area contributed by atoms with Crippen LogP contribution in [0.2, 0.25) is 0 Å². The summed E-state index contributed by atoms with van der Waals surface area (Å²) >= 11 is 0. The van der Waals surface area contributed by atoms with Crippen molar-refractivity contribution in [3.8, 4) is 0 Å². The van der Waals surface area contributed by atoms with Crippen molar-refractivity contribution in [2.24, 2.45) is 5.73 Å². The summed E-state index contributed by atoms with van der Waals surface area (Å²) < 4.78 is 18.7. The Bertz CT molecular complexity index is 638. The van der Waals surface area contributed by atoms with Crippen LogP contribution in [0.5, 0.6) is 0 Å². The molecule has 2 unspecified atom stereocenters. The molecule has 7 heteroatoms. The number of hydrogen-bond donors (Lipinski definition) is 3. The molecule has 0 spiro atoms. The van der Waals surface area contributed by atoms with E-state index in [1.807, 2.05) is 13.8 Å². The minimum absolute atomic E-state index is 0.0277. The van der Waals surface area contributed by atoms with Crippen molar-refractivity contribution < 1.29 is 28.6 Å². The molecular weight excluding hydrogens is 281 g/mol. The molecule has 0 saturated heterocycles. The average Bonchev–Trinajstić information content (AvgIpc) is 2.85. The van der Waals surface area contributed by atoms with Crippen LogP contribution >= 0.6 is 0 Å². The van der Waals surface area contributed by atoms with Crippen LogP contribution in [0.25, 0.3) is 11.0 Å². The highest BCUT2D eigenvalue weighted by Gasteiger charge is 2.16. The maximum Gasteiger partial charge on any atom is 0.414 e. The zero-order valence-electron chi connectivity index (χ0n) is 11.5. The van der Waals surface area contributed by atoms with Crippen LogP contribution in [0, 0.1) is 5.82 Å². The van der Waals surface area contributed by atoms with E-state index < -0.39 is 11.9 Å². The summed E-state index contributed by atoms with van der Waals surface area (Å²) in [6.45, 7) is 3.88. The standard InChI is InChI=1S/C12H14FNO.C2H2O4/c1-7(8(2)14)11-6-10(13)5-9-3-4-15-12(9)11;3-1(4)2(5)6/h3-8H,14H2,1-2H3;(H,3,4)(H,5,6). The predicted molar refractivity (Wildman–Crippen MR) is 73.5 cm³/mol. The van der Waals surface area contributed by atoms with Crippen molar-refractivity contribution in [2.45, 2.75) is 25.8 Å². The molecule has 1 aromatic heterocycles. The highest BCUT2D eigenvalue weighted by Crippen LogP contribution is 2.29. The molecule has 2 aromatic rings. The normalized spacial score (nSPS) is 13.1. The highest BCUT2D eigenvalue weighted by molar-refractivity contribution is 6.27. The highest BCUT2D eigenvalue weighted by atomic mass is 19.1. The summed E-state index contributed by atoms with van der Waals surface area (Å²) in [7, 11) is 0. The Hall–Kier alpha value is -2.41. The van der Waals surface area contributed by atoms with E-state index in [1.54, 1.807) is 12.3 Å². The summed E-state index contributed by atoms with van der Waals surface area (Å²) in [5, 5.41) is 15.6. The first-order chi connectivity index (χ1) is 9.73. The third-order valence-corrected chi connectivity index (χ3v) is 3.01. The number of rotatable bonds is 2. The third-order valence-electron chi connectivity index (χ3n) is 3.01. The predicted octanol–water partition coefficient (Wildman–Crippen LogP) is 2.18. The van der Waals surface area contributed by atoms with Gasteiger partial charge >= 0.3 is 11.9 Å². The van der Waals surface area contributed by atoms with E-state index >= 15 is 0 Å². The second-order valence-corrected chi connectivity index (χ2v) is 4.59. The largest absolute Gasteiger partial charge is 0.473 e. The number of carboxylic acids is 2. The van der Waals surface area contributed by atoms with E-state index in [4.69, 9.17) is 30.0 Å². The average molecular weight is 297 g/mol. The van der Waals surface area contributed by atoms with Gasteiger partial charge in [-0.25, -0.2) is 14.0 Å². The summed E-state index contributed by atoms with van der Waals surface area (Å²) in [6.07, 6.45) is 1.57. The van der Waals surface area contributed by atoms with Crippen LogP contribution < -0.4 is 5.73 Å². The fourth-order valence-electron chi connectivity index (χ4n) is 1.69. The van der Waals surface area contributed by atoms with Crippen molar-refractivity contribution in [2.75, 3.05) is 0 Å². The van der Waals surface area contributed by atoms with E-state index in [-0.39, 0.29) is 17.8 Å². The number of benzene rings is 1. The summed E-state index contributed by atoms with van der Waals surface area (Å²) in [6, 6.07) is 4.70. The van der Waals surface area contributed by atoms with E-state index in [0.29, 0.717) is 0 Å². The Kier molecular flexibility index (Phi) is 5.43. The number of aliphatic carboxylic acids is 2. The van der Waals surface area contributed by atoms with E-state index in [9.17, 15) is 4.39 Å². The summed E-state index contributed by atoms with van der Waals surface area (Å²) in [5.41, 5.74) is 7.39. The van der Waals surface area contributed by atoms with Crippen LogP contribution in [0.4, 0.5) is 4.39 Å². The van der Waals surface area contributed by atoms with Gasteiger partial charge in [0, 0.05) is 17.0 Å². The SMILES string of the molecule is CC(N)C(C)c1cc(F)cc2ccoc12.O=C(O)C(=O)O. The lowest BCUT2D eigenvalue weighted by Crippen LogP contribution is -2.22. The molecule has 1 heterocycles. The fraction of sp³-hybridized carbons (Fsp3) is 0.286. The van der Waals surface area contributed by atoms with Gasteiger partial charge in [-0.2, -0.15) is 0 Å². The van der Waals surface area contributed by atoms with Crippen LogP contribution in [0.15, 0.2) is 28.9 Å². The molecule has 21 heavy (non-hydrogen) atoms. The van der Waals surface area contributed by atoms with Gasteiger partial charge in [0.15, 0.2) is 0 Å². The fourth-order valence-corrected chi connectivity index (χ4v) is 1.69. The number of nitrogens with two attached hydrogens (primary N) is 1. The van der Waals surface area contributed by atoms with Crippen LogP contribution in [-0.2, 0) is 9.59 Å². The Morgan fingerprint density at radius 2 is 1.81 bits per heavy atom. The van der Waals surface area contributed by atoms with Crippen molar-refractivity contribution in [3.63, 3.8) is 0 Å². The summed E-state index contributed by atoms with van der Waals surface area (Å²) in [4.78, 5) is 18.2. The molecule has 4 N–H and O–H groups in total. The van der Waals surface area contributed by atoms with Crippen molar-refractivity contribution in [1.82, 2.24) is 0 Å². The minimum Gasteiger partial charge on any atom is -0.473 e. The first kappa shape index (κ1) is 16.6. The second-order valence-electron chi connectivity index (χ2n) is 4.59. The molecule has 0 bridgehead atoms.